The van der Waals surface area contributed by atoms with E-state index >= 15 is 0 Å². The van der Waals surface area contributed by atoms with Crippen LogP contribution in [0.25, 0.3) is 0 Å². The third kappa shape index (κ3) is 8.09. The van der Waals surface area contributed by atoms with E-state index in [1.807, 2.05) is 30.3 Å². The van der Waals surface area contributed by atoms with Gasteiger partial charge in [-0.2, -0.15) is 0 Å². The van der Waals surface area contributed by atoms with Crippen molar-refractivity contribution in [2.24, 2.45) is 0 Å². The van der Waals surface area contributed by atoms with Crippen LogP contribution in [-0.2, 0) is 10.2 Å². The third-order valence-corrected chi connectivity index (χ3v) is 6.03. The Morgan fingerprint density at radius 3 is 2.36 bits per heavy atom. The van der Waals surface area contributed by atoms with Gasteiger partial charge in [-0.3, -0.25) is 9.69 Å². The van der Waals surface area contributed by atoms with Crippen molar-refractivity contribution in [2.75, 3.05) is 44.2 Å². The van der Waals surface area contributed by atoms with Crippen molar-refractivity contribution in [2.45, 2.75) is 46.0 Å². The zero-order valence-corrected chi connectivity index (χ0v) is 21.7. The lowest BCUT2D eigenvalue weighted by atomic mass is 9.86. The number of piperazine rings is 1. The molecule has 1 heterocycles. The number of carbonyl (C=O) groups is 1. The molecule has 0 amide bonds. The first-order valence-corrected chi connectivity index (χ1v) is 11.8. The number of hydrogen-bond donors (Lipinski definition) is 0. The summed E-state index contributed by atoms with van der Waals surface area (Å²) in [4.78, 5) is 16.2. The van der Waals surface area contributed by atoms with Gasteiger partial charge in [-0.25, -0.2) is 0 Å². The van der Waals surface area contributed by atoms with Crippen LogP contribution < -0.4 is 14.4 Å². The lowest BCUT2D eigenvalue weighted by molar-refractivity contribution is -0.131. The molecule has 2 aromatic carbocycles. The largest absolute Gasteiger partial charge is 0.493 e. The van der Waals surface area contributed by atoms with Crippen LogP contribution in [0.4, 0.5) is 5.69 Å². The van der Waals surface area contributed by atoms with Crippen LogP contribution in [-0.4, -0.2) is 50.2 Å². The number of nitrogens with zero attached hydrogens (tertiary/aromatic N) is 2. The SMILES string of the molecule is CC(=O)Oc1ccc(OCCCCN2CCN(c3ccccc3Cl)CC2)c(C(C)(C)C)c1.Cl. The van der Waals surface area contributed by atoms with Gasteiger partial charge in [0, 0.05) is 38.7 Å². The van der Waals surface area contributed by atoms with Crippen LogP contribution in [0.1, 0.15) is 46.1 Å². The van der Waals surface area contributed by atoms with Gasteiger partial charge < -0.3 is 14.4 Å². The molecule has 1 aliphatic heterocycles. The number of halogens is 2. The fraction of sp³-hybridized carbons (Fsp3) is 0.500. The number of ether oxygens (including phenoxy) is 2. The van der Waals surface area contributed by atoms with Gasteiger partial charge in [-0.1, -0.05) is 44.5 Å². The summed E-state index contributed by atoms with van der Waals surface area (Å²) in [5.41, 5.74) is 2.08. The Hall–Kier alpha value is -1.95. The molecule has 0 spiro atoms. The first kappa shape index (κ1) is 27.3. The number of anilines is 1. The van der Waals surface area contributed by atoms with Crippen LogP contribution in [0.15, 0.2) is 42.5 Å². The average Bonchev–Trinajstić information content (AvgIpc) is 2.74. The molecule has 0 radical (unpaired) electrons. The van der Waals surface area contributed by atoms with E-state index in [2.05, 4.69) is 36.6 Å². The van der Waals surface area contributed by atoms with Gasteiger partial charge in [0.05, 0.1) is 17.3 Å². The van der Waals surface area contributed by atoms with Crippen molar-refractivity contribution in [3.8, 4) is 11.5 Å². The molecule has 1 aliphatic rings. The molecule has 5 nitrogen and oxygen atoms in total. The van der Waals surface area contributed by atoms with Gasteiger partial charge in [0.1, 0.15) is 11.5 Å². The van der Waals surface area contributed by atoms with Crippen LogP contribution in [0.2, 0.25) is 5.02 Å². The van der Waals surface area contributed by atoms with Gasteiger partial charge in [0.2, 0.25) is 0 Å². The topological polar surface area (TPSA) is 42.0 Å². The summed E-state index contributed by atoms with van der Waals surface area (Å²) in [5, 5.41) is 0.827. The zero-order chi connectivity index (χ0) is 23.1. The molecule has 33 heavy (non-hydrogen) atoms. The van der Waals surface area contributed by atoms with Crippen LogP contribution >= 0.6 is 24.0 Å². The molecule has 7 heteroatoms. The molecule has 0 N–H and O–H groups in total. The summed E-state index contributed by atoms with van der Waals surface area (Å²) >= 11 is 6.34. The minimum Gasteiger partial charge on any atom is -0.493 e. The van der Waals surface area contributed by atoms with E-state index in [-0.39, 0.29) is 23.8 Å². The number of benzene rings is 2. The highest BCUT2D eigenvalue weighted by molar-refractivity contribution is 6.33. The van der Waals surface area contributed by atoms with E-state index < -0.39 is 0 Å². The molecule has 0 bridgehead atoms. The maximum atomic E-state index is 11.3. The summed E-state index contributed by atoms with van der Waals surface area (Å²) in [7, 11) is 0. The Labute approximate surface area is 209 Å². The highest BCUT2D eigenvalue weighted by Gasteiger charge is 2.21. The first-order chi connectivity index (χ1) is 15.2. The van der Waals surface area contributed by atoms with Crippen LogP contribution in [0.3, 0.4) is 0 Å². The van der Waals surface area contributed by atoms with Gasteiger partial charge in [0.25, 0.3) is 0 Å². The highest BCUT2D eigenvalue weighted by atomic mass is 35.5. The molecule has 0 atom stereocenters. The fourth-order valence-corrected chi connectivity index (χ4v) is 4.25. The van der Waals surface area contributed by atoms with Crippen molar-refractivity contribution in [3.63, 3.8) is 0 Å². The number of esters is 1. The van der Waals surface area contributed by atoms with Crippen molar-refractivity contribution >= 4 is 35.7 Å². The normalized spacial score (nSPS) is 14.5. The van der Waals surface area contributed by atoms with Crippen LogP contribution in [0, 0.1) is 0 Å². The molecule has 0 saturated carbocycles. The van der Waals surface area contributed by atoms with Gasteiger partial charge >= 0.3 is 5.97 Å². The second kappa shape index (κ2) is 12.5. The van der Waals surface area contributed by atoms with Crippen molar-refractivity contribution in [3.05, 3.63) is 53.1 Å². The molecule has 0 unspecified atom stereocenters. The Kier molecular flexibility index (Phi) is 10.3. The van der Waals surface area contributed by atoms with Crippen molar-refractivity contribution < 1.29 is 14.3 Å². The Morgan fingerprint density at radius 2 is 1.73 bits per heavy atom. The van der Waals surface area contributed by atoms with E-state index in [9.17, 15) is 4.79 Å². The molecule has 1 fully saturated rings. The summed E-state index contributed by atoms with van der Waals surface area (Å²) < 4.78 is 11.4. The summed E-state index contributed by atoms with van der Waals surface area (Å²) in [6.07, 6.45) is 2.10. The number of rotatable bonds is 8. The minimum atomic E-state index is -0.314. The van der Waals surface area contributed by atoms with E-state index in [1.54, 1.807) is 6.07 Å². The minimum absolute atomic E-state index is 0. The molecule has 1 saturated heterocycles. The van der Waals surface area contributed by atoms with Crippen molar-refractivity contribution in [1.29, 1.82) is 0 Å². The number of para-hydroxylation sites is 1. The van der Waals surface area contributed by atoms with E-state index in [0.717, 1.165) is 67.6 Å². The van der Waals surface area contributed by atoms with Crippen molar-refractivity contribution in [1.82, 2.24) is 4.90 Å². The molecule has 3 rings (SSSR count). The molecular weight excluding hydrogens is 459 g/mol. The molecule has 0 aromatic heterocycles. The summed E-state index contributed by atoms with van der Waals surface area (Å²) in [5.74, 6) is 1.11. The number of hydrogen-bond acceptors (Lipinski definition) is 5. The monoisotopic (exact) mass is 494 g/mol. The lowest BCUT2D eigenvalue weighted by Crippen LogP contribution is -2.46. The summed E-state index contributed by atoms with van der Waals surface area (Å²) in [6, 6.07) is 13.7. The maximum absolute atomic E-state index is 11.3. The van der Waals surface area contributed by atoms with E-state index in [1.165, 1.54) is 6.92 Å². The van der Waals surface area contributed by atoms with Gasteiger partial charge in [-0.05, 0) is 55.1 Å². The standard InChI is InChI=1S/C26H35ClN2O3.ClH/c1-20(30)32-21-11-12-25(22(19-21)26(2,3)4)31-18-8-7-13-28-14-16-29(17-15-28)24-10-6-5-9-23(24)27;/h5-6,9-12,19H,7-8,13-18H2,1-4H3;1H. The third-order valence-electron chi connectivity index (χ3n) is 5.71. The van der Waals surface area contributed by atoms with Crippen LogP contribution in [0.5, 0.6) is 11.5 Å². The molecular formula is C26H36Cl2N2O3. The Balaban J connectivity index is 0.00000385. The molecule has 2 aromatic rings. The predicted molar refractivity (Wildman–Crippen MR) is 139 cm³/mol. The van der Waals surface area contributed by atoms with E-state index in [0.29, 0.717) is 12.4 Å². The molecule has 0 aliphatic carbocycles. The quantitative estimate of drug-likeness (QED) is 0.257. The first-order valence-electron chi connectivity index (χ1n) is 11.4. The predicted octanol–water partition coefficient (Wildman–Crippen LogP) is 5.97. The Bertz CT molecular complexity index is 907. The highest BCUT2D eigenvalue weighted by Crippen LogP contribution is 2.34. The van der Waals surface area contributed by atoms with E-state index in [4.69, 9.17) is 21.1 Å². The number of unbranched alkanes of at least 4 members (excludes halogenated alkanes) is 1. The lowest BCUT2D eigenvalue weighted by Gasteiger charge is -2.36. The zero-order valence-electron chi connectivity index (χ0n) is 20.1. The summed E-state index contributed by atoms with van der Waals surface area (Å²) in [6.45, 7) is 13.7. The smallest absolute Gasteiger partial charge is 0.308 e. The average molecular weight is 495 g/mol. The maximum Gasteiger partial charge on any atom is 0.308 e. The number of carbonyl (C=O) groups excluding carboxylic acids is 1. The second-order valence-corrected chi connectivity index (χ2v) is 9.74. The van der Waals surface area contributed by atoms with Gasteiger partial charge in [0.15, 0.2) is 0 Å². The Morgan fingerprint density at radius 1 is 1.03 bits per heavy atom. The fourth-order valence-electron chi connectivity index (χ4n) is 3.99. The second-order valence-electron chi connectivity index (χ2n) is 9.34. The van der Waals surface area contributed by atoms with Gasteiger partial charge in [-0.15, -0.1) is 12.4 Å². The molecule has 182 valence electrons.